The topological polar surface area (TPSA) is 17.1 Å². The van der Waals surface area contributed by atoms with Crippen LogP contribution in [0.5, 0.6) is 0 Å². The summed E-state index contributed by atoms with van der Waals surface area (Å²) in [5.74, 6) is -0.0700. The number of carbonyl (C=O) groups is 1. The van der Waals surface area contributed by atoms with Crippen LogP contribution in [0.15, 0.2) is 37.9 Å². The Balaban J connectivity index is 2.47. The van der Waals surface area contributed by atoms with E-state index in [-0.39, 0.29) is 5.78 Å². The van der Waals surface area contributed by atoms with E-state index in [1.54, 1.807) is 30.3 Å². The Kier molecular flexibility index (Phi) is 3.85. The summed E-state index contributed by atoms with van der Waals surface area (Å²) in [4.78, 5) is 12.2. The Morgan fingerprint density at radius 2 is 1.88 bits per heavy atom. The molecule has 0 aliphatic rings. The summed E-state index contributed by atoms with van der Waals surface area (Å²) in [6.45, 7) is 0. The molecule has 0 aliphatic heterocycles. The molecule has 16 heavy (non-hydrogen) atoms. The van der Waals surface area contributed by atoms with E-state index in [0.717, 1.165) is 7.57 Å². The predicted molar refractivity (Wildman–Crippen MR) is 74.6 cm³/mol. The first-order valence-electron chi connectivity index (χ1n) is 4.33. The summed E-state index contributed by atoms with van der Waals surface area (Å²) in [6.07, 6.45) is 0. The van der Waals surface area contributed by atoms with Crippen molar-refractivity contribution in [2.75, 3.05) is 0 Å². The van der Waals surface area contributed by atoms with Gasteiger partial charge in [0, 0.05) is 11.1 Å². The molecule has 1 aromatic carbocycles. The lowest BCUT2D eigenvalue weighted by Gasteiger charge is -2.01. The molecule has 0 unspecified atom stereocenters. The summed E-state index contributed by atoms with van der Waals surface area (Å²) in [6, 6.07) is 8.83. The van der Waals surface area contributed by atoms with Crippen molar-refractivity contribution in [3.05, 3.63) is 54.1 Å². The van der Waals surface area contributed by atoms with E-state index in [0.29, 0.717) is 16.1 Å². The van der Waals surface area contributed by atoms with Crippen LogP contribution in [-0.2, 0) is 0 Å². The van der Waals surface area contributed by atoms with Gasteiger partial charge in [-0.2, -0.15) is 0 Å². The van der Waals surface area contributed by atoms with Gasteiger partial charge in [-0.05, 0) is 50.1 Å². The quantitative estimate of drug-likeness (QED) is 0.658. The average molecular weight is 380 g/mol. The molecule has 2 rings (SSSR count). The van der Waals surface area contributed by atoms with Gasteiger partial charge in [-0.25, -0.2) is 0 Å². The smallest absolute Gasteiger partial charge is 0.196 e. The van der Waals surface area contributed by atoms with Crippen LogP contribution < -0.4 is 0 Å². The Hall–Kier alpha value is -0.160. The highest BCUT2D eigenvalue weighted by Gasteiger charge is 2.17. The van der Waals surface area contributed by atoms with Crippen molar-refractivity contribution >= 4 is 60.6 Å². The predicted octanol–water partition coefficient (Wildman–Crippen LogP) is 5.16. The molecule has 5 heteroatoms. The SMILES string of the molecule is O=C(c1ccccc1Cl)c1cc(Br)sc1Br. The molecule has 0 N–H and O–H groups in total. The van der Waals surface area contributed by atoms with E-state index in [1.165, 1.54) is 11.3 Å². The van der Waals surface area contributed by atoms with Crippen molar-refractivity contribution in [1.29, 1.82) is 0 Å². The van der Waals surface area contributed by atoms with Gasteiger partial charge in [-0.15, -0.1) is 11.3 Å². The number of rotatable bonds is 2. The van der Waals surface area contributed by atoms with Gasteiger partial charge in [-0.3, -0.25) is 4.79 Å². The maximum atomic E-state index is 12.2. The number of hydrogen-bond donors (Lipinski definition) is 0. The van der Waals surface area contributed by atoms with Gasteiger partial charge >= 0.3 is 0 Å². The molecular formula is C11H5Br2ClOS. The van der Waals surface area contributed by atoms with Crippen molar-refractivity contribution in [3.63, 3.8) is 0 Å². The average Bonchev–Trinajstić information content (AvgIpc) is 2.58. The van der Waals surface area contributed by atoms with Crippen LogP contribution >= 0.6 is 54.8 Å². The lowest BCUT2D eigenvalue weighted by atomic mass is 10.1. The van der Waals surface area contributed by atoms with Crippen LogP contribution in [-0.4, -0.2) is 5.78 Å². The summed E-state index contributed by atoms with van der Waals surface area (Å²) in [5.41, 5.74) is 1.15. The van der Waals surface area contributed by atoms with Gasteiger partial charge in [0.2, 0.25) is 0 Å². The van der Waals surface area contributed by atoms with Gasteiger partial charge in [0.15, 0.2) is 5.78 Å². The van der Waals surface area contributed by atoms with Crippen LogP contribution in [0.1, 0.15) is 15.9 Å². The third-order valence-electron chi connectivity index (χ3n) is 2.02. The highest BCUT2D eigenvalue weighted by atomic mass is 79.9. The second-order valence-corrected chi connectivity index (χ2v) is 7.20. The maximum Gasteiger partial charge on any atom is 0.196 e. The minimum Gasteiger partial charge on any atom is -0.288 e. The summed E-state index contributed by atoms with van der Waals surface area (Å²) < 4.78 is 1.72. The first-order chi connectivity index (χ1) is 7.59. The van der Waals surface area contributed by atoms with Crippen LogP contribution in [0.25, 0.3) is 0 Å². The third-order valence-corrected chi connectivity index (χ3v) is 4.69. The van der Waals surface area contributed by atoms with Crippen molar-refractivity contribution in [3.8, 4) is 0 Å². The van der Waals surface area contributed by atoms with Crippen molar-refractivity contribution in [2.45, 2.75) is 0 Å². The second-order valence-electron chi connectivity index (χ2n) is 3.05. The normalized spacial score (nSPS) is 10.4. The second kappa shape index (κ2) is 5.00. The molecular weight excluding hydrogens is 375 g/mol. The number of ketones is 1. The maximum absolute atomic E-state index is 12.2. The molecule has 0 amide bonds. The molecule has 0 saturated carbocycles. The van der Waals surface area contributed by atoms with Crippen molar-refractivity contribution in [2.24, 2.45) is 0 Å². The zero-order chi connectivity index (χ0) is 11.7. The Morgan fingerprint density at radius 3 is 2.44 bits per heavy atom. The number of hydrogen-bond acceptors (Lipinski definition) is 2. The molecule has 1 aromatic heterocycles. The first kappa shape index (κ1) is 12.3. The van der Waals surface area contributed by atoms with E-state index in [9.17, 15) is 4.79 Å². The third kappa shape index (κ3) is 2.40. The molecule has 0 saturated heterocycles. The number of benzene rings is 1. The summed E-state index contributed by atoms with van der Waals surface area (Å²) in [7, 11) is 0. The van der Waals surface area contributed by atoms with Gasteiger partial charge in [0.1, 0.15) is 0 Å². The molecule has 0 spiro atoms. The lowest BCUT2D eigenvalue weighted by Crippen LogP contribution is -2.00. The van der Waals surface area contributed by atoms with E-state index >= 15 is 0 Å². The monoisotopic (exact) mass is 378 g/mol. The van der Waals surface area contributed by atoms with Crippen LogP contribution in [0, 0.1) is 0 Å². The van der Waals surface area contributed by atoms with Gasteiger partial charge in [-0.1, -0.05) is 23.7 Å². The fraction of sp³-hybridized carbons (Fsp3) is 0. The molecule has 0 aliphatic carbocycles. The number of thiophene rings is 1. The largest absolute Gasteiger partial charge is 0.288 e. The number of halogens is 3. The summed E-state index contributed by atoms with van der Waals surface area (Å²) in [5, 5.41) is 0.474. The molecule has 0 bridgehead atoms. The van der Waals surface area contributed by atoms with Crippen LogP contribution in [0.4, 0.5) is 0 Å². The van der Waals surface area contributed by atoms with E-state index in [4.69, 9.17) is 11.6 Å². The van der Waals surface area contributed by atoms with Gasteiger partial charge < -0.3 is 0 Å². The van der Waals surface area contributed by atoms with E-state index in [2.05, 4.69) is 31.9 Å². The fourth-order valence-corrected chi connectivity index (χ4v) is 4.30. The van der Waals surface area contributed by atoms with Crippen LogP contribution in [0.2, 0.25) is 5.02 Å². The highest BCUT2D eigenvalue weighted by molar-refractivity contribution is 9.12. The lowest BCUT2D eigenvalue weighted by molar-refractivity contribution is 0.103. The zero-order valence-corrected chi connectivity index (χ0v) is 12.6. The summed E-state index contributed by atoms with van der Waals surface area (Å²) >= 11 is 14.2. The Labute approximate surface area is 119 Å². The molecule has 0 fully saturated rings. The molecule has 1 heterocycles. The molecule has 0 radical (unpaired) electrons. The zero-order valence-electron chi connectivity index (χ0n) is 7.84. The van der Waals surface area contributed by atoms with Crippen molar-refractivity contribution < 1.29 is 4.79 Å². The van der Waals surface area contributed by atoms with E-state index < -0.39 is 0 Å². The molecule has 1 nitrogen and oxygen atoms in total. The minimum absolute atomic E-state index is 0.0700. The van der Waals surface area contributed by atoms with Crippen molar-refractivity contribution in [1.82, 2.24) is 0 Å². The van der Waals surface area contributed by atoms with Gasteiger partial charge in [0.05, 0.1) is 12.6 Å². The number of carbonyl (C=O) groups excluding carboxylic acids is 1. The first-order valence-corrected chi connectivity index (χ1v) is 7.11. The molecule has 0 atom stereocenters. The highest BCUT2D eigenvalue weighted by Crippen LogP contribution is 2.34. The van der Waals surface area contributed by atoms with E-state index in [1.807, 2.05) is 0 Å². The molecule has 82 valence electrons. The van der Waals surface area contributed by atoms with Crippen LogP contribution in [0.3, 0.4) is 0 Å². The Morgan fingerprint density at radius 1 is 1.19 bits per heavy atom. The van der Waals surface area contributed by atoms with Gasteiger partial charge in [0.25, 0.3) is 0 Å². The molecule has 2 aromatic rings. The Bertz CT molecular complexity index is 551. The fourth-order valence-electron chi connectivity index (χ4n) is 1.29. The standard InChI is InChI=1S/C11H5Br2ClOS/c12-9-5-7(11(13)16-9)10(15)6-3-1-2-4-8(6)14/h1-5H. The minimum atomic E-state index is -0.0700.